The van der Waals surface area contributed by atoms with Crippen LogP contribution in [-0.2, 0) is 21.2 Å². The number of hydrogen-bond acceptors (Lipinski definition) is 5. The lowest BCUT2D eigenvalue weighted by molar-refractivity contribution is -0.121. The van der Waals surface area contributed by atoms with E-state index in [1.165, 1.54) is 11.3 Å². The van der Waals surface area contributed by atoms with Crippen LogP contribution in [0.15, 0.2) is 16.3 Å². The number of nitrogens with one attached hydrogen (secondary N) is 2. The van der Waals surface area contributed by atoms with Gasteiger partial charge in [0.05, 0.1) is 6.42 Å². The van der Waals surface area contributed by atoms with E-state index >= 15 is 0 Å². The van der Waals surface area contributed by atoms with Crippen LogP contribution in [0.4, 0.5) is 0 Å². The number of carbonyl (C=O) groups excluding carboxylic acids is 1. The molecule has 2 unspecified atom stereocenters. The van der Waals surface area contributed by atoms with Gasteiger partial charge in [-0.25, -0.2) is 8.42 Å². The third-order valence-electron chi connectivity index (χ3n) is 4.99. The Kier molecular flexibility index (Phi) is 7.90. The van der Waals surface area contributed by atoms with Crippen molar-refractivity contribution in [2.75, 3.05) is 19.6 Å². The summed E-state index contributed by atoms with van der Waals surface area (Å²) in [6.07, 6.45) is 5.23. The summed E-state index contributed by atoms with van der Waals surface area (Å²) >= 11 is 1.22. The number of thiophene rings is 1. The average molecular weight is 422 g/mol. The highest BCUT2D eigenvalue weighted by Gasteiger charge is 2.28. The highest BCUT2D eigenvalue weighted by atomic mass is 35.5. The average Bonchev–Trinajstić information content (AvgIpc) is 3.07. The summed E-state index contributed by atoms with van der Waals surface area (Å²) in [6.45, 7) is 4.28. The Hall–Kier alpha value is -0.670. The Morgan fingerprint density at radius 1 is 1.27 bits per heavy atom. The Morgan fingerprint density at radius 2 is 2.00 bits per heavy atom. The summed E-state index contributed by atoms with van der Waals surface area (Å²) in [5.41, 5.74) is 0. The number of hydrogen-bond donors (Lipinski definition) is 2. The first-order chi connectivity index (χ1) is 12.0. The fourth-order valence-electron chi connectivity index (χ4n) is 3.48. The number of sulfonamides is 1. The molecule has 0 spiro atoms. The van der Waals surface area contributed by atoms with Gasteiger partial charge in [-0.3, -0.25) is 4.79 Å². The predicted octanol–water partition coefficient (Wildman–Crippen LogP) is 2.14. The molecule has 2 aliphatic rings. The van der Waals surface area contributed by atoms with Crippen LogP contribution in [0.1, 0.15) is 43.9 Å². The zero-order valence-corrected chi connectivity index (χ0v) is 17.5. The highest BCUT2D eigenvalue weighted by Crippen LogP contribution is 2.27. The number of nitrogens with zero attached hydrogens (tertiary/aromatic N) is 1. The minimum absolute atomic E-state index is 0. The van der Waals surface area contributed by atoms with Crippen LogP contribution < -0.4 is 10.6 Å². The summed E-state index contributed by atoms with van der Waals surface area (Å²) in [5.74, 6) is -0.0377. The van der Waals surface area contributed by atoms with E-state index in [1.54, 1.807) is 16.4 Å². The minimum atomic E-state index is -3.40. The molecule has 3 heterocycles. The Balaban J connectivity index is 0.00000243. The molecule has 2 saturated heterocycles. The molecule has 0 saturated carbocycles. The normalized spacial score (nSPS) is 24.7. The van der Waals surface area contributed by atoms with Crippen LogP contribution in [0, 0.1) is 0 Å². The molecule has 2 aliphatic heterocycles. The maximum atomic E-state index is 12.7. The van der Waals surface area contributed by atoms with Gasteiger partial charge in [0.15, 0.2) is 0 Å². The van der Waals surface area contributed by atoms with E-state index in [4.69, 9.17) is 0 Å². The molecule has 26 heavy (non-hydrogen) atoms. The third kappa shape index (κ3) is 5.19. The fourth-order valence-corrected chi connectivity index (χ4v) is 6.51. The third-order valence-corrected chi connectivity index (χ3v) is 8.44. The second-order valence-electron chi connectivity index (χ2n) is 6.92. The van der Waals surface area contributed by atoms with Crippen molar-refractivity contribution in [2.45, 2.75) is 61.7 Å². The summed E-state index contributed by atoms with van der Waals surface area (Å²) in [6, 6.07) is 3.83. The maximum Gasteiger partial charge on any atom is 0.252 e. The molecule has 1 aromatic rings. The first-order valence-corrected chi connectivity index (χ1v) is 11.3. The van der Waals surface area contributed by atoms with Gasteiger partial charge in [-0.2, -0.15) is 4.31 Å². The van der Waals surface area contributed by atoms with Crippen molar-refractivity contribution in [3.8, 4) is 0 Å². The quantitative estimate of drug-likeness (QED) is 0.763. The molecule has 0 aliphatic carbocycles. The molecule has 2 atom stereocenters. The van der Waals surface area contributed by atoms with E-state index in [1.807, 2.05) is 0 Å². The monoisotopic (exact) mass is 421 g/mol. The van der Waals surface area contributed by atoms with Gasteiger partial charge in [-0.05, 0) is 51.3 Å². The standard InChI is InChI=1S/C17H27N3O3S2.ClH/c1-13-15(6-5-9-18-13)19-16(21)12-14-7-8-17(24-14)25(22,23)20-10-3-2-4-11-20;/h7-8,13,15,18H,2-6,9-12H2,1H3,(H,19,21);1H. The molecule has 3 rings (SSSR count). The first kappa shape index (κ1) is 21.6. The summed E-state index contributed by atoms with van der Waals surface area (Å²) in [7, 11) is -3.40. The van der Waals surface area contributed by atoms with Crippen molar-refractivity contribution in [3.63, 3.8) is 0 Å². The fraction of sp³-hybridized carbons (Fsp3) is 0.706. The number of piperidine rings is 2. The van der Waals surface area contributed by atoms with Gasteiger partial charge < -0.3 is 10.6 Å². The van der Waals surface area contributed by atoms with Gasteiger partial charge in [-0.1, -0.05) is 6.42 Å². The van der Waals surface area contributed by atoms with Crippen LogP contribution >= 0.6 is 23.7 Å². The second kappa shape index (κ2) is 9.50. The topological polar surface area (TPSA) is 78.5 Å². The van der Waals surface area contributed by atoms with E-state index in [-0.39, 0.29) is 36.8 Å². The van der Waals surface area contributed by atoms with Gasteiger partial charge in [0, 0.05) is 30.1 Å². The number of rotatable bonds is 5. The smallest absolute Gasteiger partial charge is 0.252 e. The lowest BCUT2D eigenvalue weighted by Gasteiger charge is -2.30. The molecule has 148 valence electrons. The molecule has 0 bridgehead atoms. The highest BCUT2D eigenvalue weighted by molar-refractivity contribution is 7.91. The van der Waals surface area contributed by atoms with Crippen molar-refractivity contribution in [1.82, 2.24) is 14.9 Å². The van der Waals surface area contributed by atoms with Crippen molar-refractivity contribution in [1.29, 1.82) is 0 Å². The molecule has 1 aromatic heterocycles. The van der Waals surface area contributed by atoms with E-state index in [2.05, 4.69) is 17.6 Å². The van der Waals surface area contributed by atoms with Crippen LogP contribution in [0.5, 0.6) is 0 Å². The van der Waals surface area contributed by atoms with Gasteiger partial charge in [0.1, 0.15) is 4.21 Å². The molecule has 2 N–H and O–H groups in total. The molecule has 2 fully saturated rings. The molecule has 9 heteroatoms. The van der Waals surface area contributed by atoms with E-state index < -0.39 is 10.0 Å². The summed E-state index contributed by atoms with van der Waals surface area (Å²) in [4.78, 5) is 13.1. The Bertz CT molecular complexity index is 702. The van der Waals surface area contributed by atoms with Crippen LogP contribution in [0.3, 0.4) is 0 Å². The summed E-state index contributed by atoms with van der Waals surface area (Å²) < 4.78 is 27.3. The molecule has 0 aromatic carbocycles. The van der Waals surface area contributed by atoms with Gasteiger partial charge >= 0.3 is 0 Å². The molecular weight excluding hydrogens is 394 g/mol. The van der Waals surface area contributed by atoms with Crippen LogP contribution in [-0.4, -0.2) is 50.3 Å². The zero-order chi connectivity index (χ0) is 17.9. The molecule has 6 nitrogen and oxygen atoms in total. The SMILES string of the molecule is CC1NCCCC1NC(=O)Cc1ccc(S(=O)(=O)N2CCCCC2)s1.Cl. The second-order valence-corrected chi connectivity index (χ2v) is 10.3. The van der Waals surface area contributed by atoms with E-state index in [0.29, 0.717) is 17.3 Å². The first-order valence-electron chi connectivity index (χ1n) is 9.08. The van der Waals surface area contributed by atoms with Crippen LogP contribution in [0.2, 0.25) is 0 Å². The lowest BCUT2D eigenvalue weighted by atomic mass is 10.00. The minimum Gasteiger partial charge on any atom is -0.352 e. The molecule has 1 amide bonds. The number of halogens is 1. The number of amides is 1. The van der Waals surface area contributed by atoms with Crippen molar-refractivity contribution in [2.24, 2.45) is 0 Å². The largest absolute Gasteiger partial charge is 0.352 e. The molecular formula is C17H28ClN3O3S2. The lowest BCUT2D eigenvalue weighted by Crippen LogP contribution is -2.52. The van der Waals surface area contributed by atoms with Gasteiger partial charge in [0.25, 0.3) is 10.0 Å². The Labute approximate surface area is 166 Å². The Morgan fingerprint density at radius 3 is 2.69 bits per heavy atom. The van der Waals surface area contributed by atoms with Gasteiger partial charge in [0.2, 0.25) is 5.91 Å². The zero-order valence-electron chi connectivity index (χ0n) is 15.1. The molecule has 0 radical (unpaired) electrons. The van der Waals surface area contributed by atoms with Crippen LogP contribution in [0.25, 0.3) is 0 Å². The van der Waals surface area contributed by atoms with E-state index in [0.717, 1.165) is 43.5 Å². The maximum absolute atomic E-state index is 12.7. The predicted molar refractivity (Wildman–Crippen MR) is 107 cm³/mol. The van der Waals surface area contributed by atoms with Gasteiger partial charge in [-0.15, -0.1) is 23.7 Å². The van der Waals surface area contributed by atoms with Crippen molar-refractivity contribution < 1.29 is 13.2 Å². The summed E-state index contributed by atoms with van der Waals surface area (Å²) in [5, 5.41) is 6.44. The van der Waals surface area contributed by atoms with Crippen molar-refractivity contribution in [3.05, 3.63) is 17.0 Å². The number of carbonyl (C=O) groups is 1. The van der Waals surface area contributed by atoms with Crippen molar-refractivity contribution >= 4 is 39.7 Å². The van der Waals surface area contributed by atoms with E-state index in [9.17, 15) is 13.2 Å².